The number of carboxylic acids is 1. The molecule has 0 bridgehead atoms. The second kappa shape index (κ2) is 8.87. The van der Waals surface area contributed by atoms with Gasteiger partial charge in [-0.2, -0.15) is 0 Å². The van der Waals surface area contributed by atoms with Gasteiger partial charge in [0.05, 0.1) is 0 Å². The van der Waals surface area contributed by atoms with Crippen molar-refractivity contribution in [1.29, 1.82) is 0 Å². The maximum Gasteiger partial charge on any atom is 0.466 e. The number of rotatable bonds is 0. The summed E-state index contributed by atoms with van der Waals surface area (Å²) in [5.41, 5.74) is 0. The predicted octanol–water partition coefficient (Wildman–Crippen LogP) is -1.19. The number of aliphatic carboxylic acids is 1. The first-order chi connectivity index (χ1) is 5.46. The molecule has 0 saturated heterocycles. The van der Waals surface area contributed by atoms with Crippen molar-refractivity contribution in [3.63, 3.8) is 0 Å². The fourth-order valence-corrected chi connectivity index (χ4v) is 0. The van der Waals surface area contributed by atoms with E-state index in [-0.39, 0.29) is 0 Å². The molecule has 0 saturated carbocycles. The van der Waals surface area contributed by atoms with Gasteiger partial charge in [-0.15, -0.1) is 10.1 Å². The molecular formula is C2H8NO9P. The minimum atomic E-state index is -4.64. The Bertz CT molecular complexity index is 166. The van der Waals surface area contributed by atoms with Crippen molar-refractivity contribution in [2.45, 2.75) is 6.92 Å². The SMILES string of the molecule is CC(=O)O.O=P(O)(O)O.O=[N+]([O-])O. The van der Waals surface area contributed by atoms with Crippen LogP contribution >= 0.6 is 7.82 Å². The lowest BCUT2D eigenvalue weighted by Gasteiger charge is -1.82. The molecule has 0 amide bonds. The van der Waals surface area contributed by atoms with Gasteiger partial charge < -0.3 is 25.0 Å². The standard InChI is InChI=1S/C2H4O2.HNO3.H3O4P/c1-2(3)4;2-1(3)4;1-5(2,3)4/h1H3,(H,3,4);(H,2,3,4);(H3,1,2,3,4). The quantitative estimate of drug-likeness (QED) is 0.191. The smallest absolute Gasteiger partial charge is 0.466 e. The molecule has 13 heavy (non-hydrogen) atoms. The third-order valence-corrected chi connectivity index (χ3v) is 0. The second-order valence-corrected chi connectivity index (χ2v) is 2.30. The van der Waals surface area contributed by atoms with E-state index in [9.17, 15) is 0 Å². The Balaban J connectivity index is -0.000000117. The van der Waals surface area contributed by atoms with Gasteiger partial charge >= 0.3 is 7.82 Å². The Hall–Kier alpha value is -1.22. The topological polar surface area (TPSA) is 178 Å². The molecular weight excluding hydrogens is 213 g/mol. The molecule has 0 fully saturated rings. The molecule has 5 N–H and O–H groups in total. The maximum absolute atomic E-state index is 9.00. The van der Waals surface area contributed by atoms with Crippen molar-refractivity contribution >= 4 is 13.8 Å². The lowest BCUT2D eigenvalue weighted by Crippen LogP contribution is -1.81. The van der Waals surface area contributed by atoms with Gasteiger partial charge in [-0.3, -0.25) is 4.79 Å². The van der Waals surface area contributed by atoms with E-state index in [1.165, 1.54) is 0 Å². The zero-order chi connectivity index (χ0) is 11.7. The number of hydrogen-bond acceptors (Lipinski definition) is 4. The van der Waals surface area contributed by atoms with Gasteiger partial charge in [-0.05, 0) is 0 Å². The van der Waals surface area contributed by atoms with E-state index in [1.807, 2.05) is 0 Å². The number of carbonyl (C=O) groups is 1. The van der Waals surface area contributed by atoms with Crippen LogP contribution in [0.15, 0.2) is 0 Å². The van der Waals surface area contributed by atoms with Crippen LogP contribution in [-0.4, -0.2) is 36.0 Å². The summed E-state index contributed by atoms with van der Waals surface area (Å²) in [6, 6.07) is 0. The van der Waals surface area contributed by atoms with Gasteiger partial charge in [0, 0.05) is 6.92 Å². The number of hydrogen-bond donors (Lipinski definition) is 5. The summed E-state index contributed by atoms with van der Waals surface area (Å²) in [4.78, 5) is 38.9. The normalized spacial score (nSPS) is 8.31. The number of carboxylic acid groups (broad SMARTS) is 1. The highest BCUT2D eigenvalue weighted by atomic mass is 31.2. The second-order valence-electron chi connectivity index (χ2n) is 1.27. The summed E-state index contributed by atoms with van der Waals surface area (Å²) >= 11 is 0. The van der Waals surface area contributed by atoms with Crippen LogP contribution in [0, 0.1) is 10.1 Å². The van der Waals surface area contributed by atoms with Gasteiger partial charge in [-0.1, -0.05) is 0 Å². The zero-order valence-electron chi connectivity index (χ0n) is 6.26. The Kier molecular flexibility index (Phi) is 12.1. The molecule has 11 heteroatoms. The van der Waals surface area contributed by atoms with Crippen LogP contribution in [-0.2, 0) is 9.36 Å². The lowest BCUT2D eigenvalue weighted by atomic mass is 10.9. The molecule has 0 spiro atoms. The van der Waals surface area contributed by atoms with Crippen LogP contribution in [0.3, 0.4) is 0 Å². The Morgan fingerprint density at radius 3 is 1.38 bits per heavy atom. The molecule has 10 nitrogen and oxygen atoms in total. The first kappa shape index (κ1) is 17.8. The highest BCUT2D eigenvalue weighted by Crippen LogP contribution is 2.25. The van der Waals surface area contributed by atoms with Gasteiger partial charge in [0.15, 0.2) is 0 Å². The van der Waals surface area contributed by atoms with Crippen molar-refractivity contribution in [3.8, 4) is 0 Å². The highest BCUT2D eigenvalue weighted by Gasteiger charge is 2.00. The molecule has 0 aromatic rings. The predicted molar refractivity (Wildman–Crippen MR) is 36.4 cm³/mol. The van der Waals surface area contributed by atoms with Crippen LogP contribution in [0.5, 0.6) is 0 Å². The van der Waals surface area contributed by atoms with Gasteiger partial charge in [0.25, 0.3) is 11.1 Å². The van der Waals surface area contributed by atoms with Gasteiger partial charge in [0.2, 0.25) is 0 Å². The van der Waals surface area contributed by atoms with Gasteiger partial charge in [-0.25, -0.2) is 4.57 Å². The highest BCUT2D eigenvalue weighted by molar-refractivity contribution is 7.45. The third-order valence-electron chi connectivity index (χ3n) is 0. The largest absolute Gasteiger partial charge is 0.481 e. The Morgan fingerprint density at radius 2 is 1.38 bits per heavy atom. The average molecular weight is 221 g/mol. The van der Waals surface area contributed by atoms with Gasteiger partial charge in [0.1, 0.15) is 0 Å². The van der Waals surface area contributed by atoms with Crippen molar-refractivity contribution in [2.24, 2.45) is 0 Å². The summed E-state index contributed by atoms with van der Waals surface area (Å²) in [6.07, 6.45) is 0. The third kappa shape index (κ3) is 558. The Morgan fingerprint density at radius 1 is 1.38 bits per heavy atom. The van der Waals surface area contributed by atoms with Crippen LogP contribution in [0.1, 0.15) is 6.92 Å². The van der Waals surface area contributed by atoms with E-state index in [0.29, 0.717) is 0 Å². The molecule has 0 rings (SSSR count). The summed E-state index contributed by atoms with van der Waals surface area (Å²) in [7, 11) is -4.64. The van der Waals surface area contributed by atoms with Crippen LogP contribution in [0.25, 0.3) is 0 Å². The lowest BCUT2D eigenvalue weighted by molar-refractivity contribution is -0.742. The molecule has 0 aromatic carbocycles. The molecule has 0 radical (unpaired) electrons. The molecule has 0 heterocycles. The maximum atomic E-state index is 9.00. The zero-order valence-corrected chi connectivity index (χ0v) is 7.16. The van der Waals surface area contributed by atoms with Crippen LogP contribution in [0.2, 0.25) is 0 Å². The molecule has 0 aromatic heterocycles. The van der Waals surface area contributed by atoms with Crippen molar-refractivity contribution in [2.75, 3.05) is 0 Å². The minimum absolute atomic E-state index is 0.833. The summed E-state index contributed by atoms with van der Waals surface area (Å²) < 4.78 is 8.88. The van der Waals surface area contributed by atoms with E-state index in [0.717, 1.165) is 6.92 Å². The summed E-state index contributed by atoms with van der Waals surface area (Å²) in [5, 5.41) is 21.1. The van der Waals surface area contributed by atoms with Crippen molar-refractivity contribution in [3.05, 3.63) is 10.1 Å². The van der Waals surface area contributed by atoms with Crippen molar-refractivity contribution in [1.82, 2.24) is 0 Å². The molecule has 0 aliphatic carbocycles. The molecule has 0 unspecified atom stereocenters. The fraction of sp³-hybridized carbons (Fsp3) is 0.500. The summed E-state index contributed by atoms with van der Waals surface area (Å²) in [6.45, 7) is 1.08. The Labute approximate surface area is 71.4 Å². The summed E-state index contributed by atoms with van der Waals surface area (Å²) in [5.74, 6) is -0.833. The first-order valence-corrected chi connectivity index (χ1v) is 3.84. The van der Waals surface area contributed by atoms with E-state index < -0.39 is 18.9 Å². The first-order valence-electron chi connectivity index (χ1n) is 2.28. The molecule has 0 aliphatic heterocycles. The molecule has 0 atom stereocenters. The minimum Gasteiger partial charge on any atom is -0.481 e. The number of phosphoric acid groups is 1. The van der Waals surface area contributed by atoms with E-state index >= 15 is 0 Å². The van der Waals surface area contributed by atoms with Crippen LogP contribution in [0.4, 0.5) is 0 Å². The van der Waals surface area contributed by atoms with E-state index in [1.54, 1.807) is 0 Å². The number of nitrogens with zero attached hydrogens (tertiary/aromatic N) is 1. The fourth-order valence-electron chi connectivity index (χ4n) is 0. The van der Waals surface area contributed by atoms with E-state index in [4.69, 9.17) is 44.5 Å². The monoisotopic (exact) mass is 221 g/mol. The van der Waals surface area contributed by atoms with Crippen LogP contribution < -0.4 is 0 Å². The molecule has 80 valence electrons. The average Bonchev–Trinajstić information content (AvgIpc) is 1.50. The molecule has 0 aliphatic rings. The van der Waals surface area contributed by atoms with Crippen molar-refractivity contribution < 1.29 is 39.4 Å². The van der Waals surface area contributed by atoms with E-state index in [2.05, 4.69) is 0 Å².